The average molecular weight is 326 g/mol. The molecule has 0 aliphatic carbocycles. The summed E-state index contributed by atoms with van der Waals surface area (Å²) in [7, 11) is 0. The molecule has 3 nitrogen and oxygen atoms in total. The first-order valence-electron chi connectivity index (χ1n) is 6.32. The Kier molecular flexibility index (Phi) is 4.24. The molecule has 0 bridgehead atoms. The zero-order chi connectivity index (χ0) is 14.0. The van der Waals surface area contributed by atoms with Crippen molar-refractivity contribution in [1.82, 2.24) is 9.55 Å². The average Bonchev–Trinajstić information content (AvgIpc) is 2.66. The van der Waals surface area contributed by atoms with Crippen LogP contribution in [0, 0.1) is 12.7 Å². The van der Waals surface area contributed by atoms with E-state index >= 15 is 0 Å². The number of aryl methyl sites for hydroxylation is 1. The normalized spacial score (nSPS) is 10.9. The fourth-order valence-electron chi connectivity index (χ4n) is 2.04. The molecule has 1 heterocycles. The van der Waals surface area contributed by atoms with E-state index in [-0.39, 0.29) is 5.82 Å². The topological polar surface area (TPSA) is 43.8 Å². The summed E-state index contributed by atoms with van der Waals surface area (Å²) in [4.78, 5) is 4.46. The number of anilines is 1. The lowest BCUT2D eigenvalue weighted by atomic mass is 10.1. The van der Waals surface area contributed by atoms with Crippen molar-refractivity contribution in [1.29, 1.82) is 0 Å². The highest BCUT2D eigenvalue weighted by Gasteiger charge is 2.14. The van der Waals surface area contributed by atoms with Gasteiger partial charge in [-0.2, -0.15) is 0 Å². The molecule has 0 unspecified atom stereocenters. The number of rotatable bonds is 4. The van der Waals surface area contributed by atoms with Gasteiger partial charge >= 0.3 is 0 Å². The molecule has 5 heteroatoms. The van der Waals surface area contributed by atoms with Crippen molar-refractivity contribution in [3.05, 3.63) is 34.3 Å². The molecule has 0 fully saturated rings. The van der Waals surface area contributed by atoms with Crippen molar-refractivity contribution in [2.45, 2.75) is 33.2 Å². The monoisotopic (exact) mass is 325 g/mol. The third-order valence-corrected chi connectivity index (χ3v) is 3.77. The second-order valence-corrected chi connectivity index (χ2v) is 5.38. The van der Waals surface area contributed by atoms with Crippen LogP contribution in [0.4, 0.5) is 10.2 Å². The summed E-state index contributed by atoms with van der Waals surface area (Å²) in [6.45, 7) is 4.90. The van der Waals surface area contributed by atoms with Crippen molar-refractivity contribution in [3.8, 4) is 11.3 Å². The molecule has 19 heavy (non-hydrogen) atoms. The second kappa shape index (κ2) is 5.74. The van der Waals surface area contributed by atoms with E-state index in [1.807, 2.05) is 17.6 Å². The van der Waals surface area contributed by atoms with E-state index in [9.17, 15) is 4.39 Å². The molecule has 1 aromatic carbocycles. The van der Waals surface area contributed by atoms with Gasteiger partial charge in [-0.05, 0) is 41.4 Å². The standard InChI is InChI=1S/C14H17BrFN3/c1-3-4-7-19-9(2)18-13(14(19)17)10-5-6-11(15)12(16)8-10/h5-6,8H,3-4,7,17H2,1-2H3. The van der Waals surface area contributed by atoms with Crippen LogP contribution in [0.3, 0.4) is 0 Å². The number of imidazole rings is 1. The first-order valence-corrected chi connectivity index (χ1v) is 7.12. The molecule has 2 rings (SSSR count). The van der Waals surface area contributed by atoms with E-state index in [1.165, 1.54) is 6.07 Å². The van der Waals surface area contributed by atoms with E-state index in [0.717, 1.165) is 25.2 Å². The summed E-state index contributed by atoms with van der Waals surface area (Å²) >= 11 is 3.14. The van der Waals surface area contributed by atoms with Gasteiger partial charge in [-0.3, -0.25) is 0 Å². The van der Waals surface area contributed by atoms with Gasteiger partial charge in [0.1, 0.15) is 23.2 Å². The van der Waals surface area contributed by atoms with E-state index < -0.39 is 0 Å². The summed E-state index contributed by atoms with van der Waals surface area (Å²) in [5, 5.41) is 0. The van der Waals surface area contributed by atoms with Gasteiger partial charge in [0.05, 0.1) is 4.47 Å². The molecule has 2 aromatic rings. The fourth-order valence-corrected chi connectivity index (χ4v) is 2.28. The van der Waals surface area contributed by atoms with Crippen molar-refractivity contribution in [2.24, 2.45) is 0 Å². The number of nitrogens with two attached hydrogens (primary N) is 1. The van der Waals surface area contributed by atoms with Crippen LogP contribution in [0.25, 0.3) is 11.3 Å². The second-order valence-electron chi connectivity index (χ2n) is 4.53. The Morgan fingerprint density at radius 2 is 2.16 bits per heavy atom. The quantitative estimate of drug-likeness (QED) is 0.917. The Balaban J connectivity index is 2.42. The Hall–Kier alpha value is -1.36. The summed E-state index contributed by atoms with van der Waals surface area (Å²) < 4.78 is 16.0. The highest BCUT2D eigenvalue weighted by atomic mass is 79.9. The first kappa shape index (κ1) is 14.1. The van der Waals surface area contributed by atoms with E-state index in [0.29, 0.717) is 21.5 Å². The van der Waals surface area contributed by atoms with Gasteiger partial charge in [0.15, 0.2) is 0 Å². The molecule has 2 N–H and O–H groups in total. The minimum atomic E-state index is -0.308. The highest BCUT2D eigenvalue weighted by molar-refractivity contribution is 9.10. The van der Waals surface area contributed by atoms with Crippen molar-refractivity contribution in [2.75, 3.05) is 5.73 Å². The van der Waals surface area contributed by atoms with Crippen molar-refractivity contribution >= 4 is 21.7 Å². The highest BCUT2D eigenvalue weighted by Crippen LogP contribution is 2.29. The zero-order valence-corrected chi connectivity index (χ0v) is 12.7. The van der Waals surface area contributed by atoms with Crippen molar-refractivity contribution in [3.63, 3.8) is 0 Å². The van der Waals surface area contributed by atoms with Crippen LogP contribution in [0.2, 0.25) is 0 Å². The van der Waals surface area contributed by atoms with Gasteiger partial charge in [-0.25, -0.2) is 9.37 Å². The van der Waals surface area contributed by atoms with Crippen LogP contribution in [0.15, 0.2) is 22.7 Å². The maximum Gasteiger partial charge on any atom is 0.138 e. The van der Waals surface area contributed by atoms with Gasteiger partial charge in [-0.15, -0.1) is 0 Å². The van der Waals surface area contributed by atoms with Crippen LogP contribution in [0.1, 0.15) is 25.6 Å². The maximum absolute atomic E-state index is 13.6. The molecule has 0 amide bonds. The minimum Gasteiger partial charge on any atom is -0.383 e. The molecule has 102 valence electrons. The Morgan fingerprint density at radius 3 is 2.79 bits per heavy atom. The van der Waals surface area contributed by atoms with Crippen LogP contribution in [0.5, 0.6) is 0 Å². The molecular weight excluding hydrogens is 309 g/mol. The lowest BCUT2D eigenvalue weighted by molar-refractivity contribution is 0.621. The summed E-state index contributed by atoms with van der Waals surface area (Å²) in [5.41, 5.74) is 7.49. The summed E-state index contributed by atoms with van der Waals surface area (Å²) in [5.74, 6) is 1.16. The van der Waals surface area contributed by atoms with E-state index in [4.69, 9.17) is 5.73 Å². The van der Waals surface area contributed by atoms with Gasteiger partial charge in [-0.1, -0.05) is 19.4 Å². The Labute approximate surface area is 120 Å². The fraction of sp³-hybridized carbons (Fsp3) is 0.357. The lowest BCUT2D eigenvalue weighted by Crippen LogP contribution is -2.04. The molecule has 0 aliphatic rings. The number of unbranched alkanes of at least 4 members (excludes halogenated alkanes) is 1. The summed E-state index contributed by atoms with van der Waals surface area (Å²) in [6, 6.07) is 4.94. The molecule has 1 aromatic heterocycles. The molecule has 0 atom stereocenters. The molecule has 0 saturated heterocycles. The van der Waals surface area contributed by atoms with Crippen molar-refractivity contribution < 1.29 is 4.39 Å². The predicted molar refractivity (Wildman–Crippen MR) is 79.4 cm³/mol. The summed E-state index contributed by atoms with van der Waals surface area (Å²) in [6.07, 6.45) is 2.15. The zero-order valence-electron chi connectivity index (χ0n) is 11.1. The maximum atomic E-state index is 13.6. The molecule has 0 aliphatic heterocycles. The molecular formula is C14H17BrFN3. The third kappa shape index (κ3) is 2.81. The number of aromatic nitrogens is 2. The molecule has 0 spiro atoms. The molecule has 0 saturated carbocycles. The SMILES string of the molecule is CCCCn1c(C)nc(-c2ccc(Br)c(F)c2)c1N. The largest absolute Gasteiger partial charge is 0.383 e. The third-order valence-electron chi connectivity index (χ3n) is 3.13. The van der Waals surface area contributed by atoms with E-state index in [2.05, 4.69) is 27.8 Å². The van der Waals surface area contributed by atoms with Crippen LogP contribution in [-0.4, -0.2) is 9.55 Å². The Morgan fingerprint density at radius 1 is 1.42 bits per heavy atom. The van der Waals surface area contributed by atoms with Gasteiger partial charge in [0.25, 0.3) is 0 Å². The van der Waals surface area contributed by atoms with Crippen LogP contribution in [-0.2, 0) is 6.54 Å². The van der Waals surface area contributed by atoms with Gasteiger partial charge < -0.3 is 10.3 Å². The Bertz CT molecular complexity index is 593. The van der Waals surface area contributed by atoms with Crippen LogP contribution < -0.4 is 5.73 Å². The predicted octanol–water partition coefficient (Wildman–Crippen LogP) is 4.14. The smallest absolute Gasteiger partial charge is 0.138 e. The molecule has 0 radical (unpaired) electrons. The van der Waals surface area contributed by atoms with Gasteiger partial charge in [0, 0.05) is 12.1 Å². The lowest BCUT2D eigenvalue weighted by Gasteiger charge is -2.06. The first-order chi connectivity index (χ1) is 9.04. The number of benzene rings is 1. The number of nitrogen functional groups attached to an aromatic ring is 1. The van der Waals surface area contributed by atoms with Crippen LogP contribution >= 0.6 is 15.9 Å². The minimum absolute atomic E-state index is 0.308. The number of nitrogens with zero attached hydrogens (tertiary/aromatic N) is 2. The van der Waals surface area contributed by atoms with E-state index in [1.54, 1.807) is 6.07 Å². The number of hydrogen-bond donors (Lipinski definition) is 1. The van der Waals surface area contributed by atoms with Gasteiger partial charge in [0.2, 0.25) is 0 Å². The number of hydrogen-bond acceptors (Lipinski definition) is 2. The number of halogens is 2.